The van der Waals surface area contributed by atoms with Crippen LogP contribution in [-0.2, 0) is 13.0 Å². The van der Waals surface area contributed by atoms with E-state index in [1.54, 1.807) is 38.0 Å². The van der Waals surface area contributed by atoms with Gasteiger partial charge in [-0.1, -0.05) is 18.2 Å². The van der Waals surface area contributed by atoms with Crippen molar-refractivity contribution in [1.82, 2.24) is 30.6 Å². The SMILES string of the molecule is CNC(=O)NCc1cccc(-c2cnc(NCCc3cnccn3)nc2)c1. The third-order valence-electron chi connectivity index (χ3n) is 3.87. The topological polar surface area (TPSA) is 105 Å². The maximum absolute atomic E-state index is 11.3. The van der Waals surface area contributed by atoms with Crippen LogP contribution in [0.25, 0.3) is 11.1 Å². The Balaban J connectivity index is 1.57. The number of nitrogens with zero attached hydrogens (tertiary/aromatic N) is 4. The second kappa shape index (κ2) is 9.23. The average Bonchev–Trinajstić information content (AvgIpc) is 2.73. The van der Waals surface area contributed by atoms with Crippen molar-refractivity contribution in [3.8, 4) is 11.1 Å². The first-order chi connectivity index (χ1) is 13.2. The van der Waals surface area contributed by atoms with E-state index in [1.807, 2.05) is 24.3 Å². The lowest BCUT2D eigenvalue weighted by atomic mass is 10.1. The number of rotatable bonds is 7. The Morgan fingerprint density at radius 1 is 1.04 bits per heavy atom. The molecule has 0 fully saturated rings. The van der Waals surface area contributed by atoms with E-state index in [9.17, 15) is 4.79 Å². The zero-order valence-corrected chi connectivity index (χ0v) is 15.0. The second-order valence-electron chi connectivity index (χ2n) is 5.80. The minimum absolute atomic E-state index is 0.208. The molecule has 0 bridgehead atoms. The standard InChI is InChI=1S/C19H21N7O/c1-20-19(27)26-10-14-3-2-4-15(9-14)16-11-24-18(25-12-16)23-6-5-17-13-21-7-8-22-17/h2-4,7-9,11-13H,5-6,10H2,1H3,(H2,20,26,27)(H,23,24,25). The molecular weight excluding hydrogens is 342 g/mol. The van der Waals surface area contributed by atoms with E-state index in [-0.39, 0.29) is 6.03 Å². The highest BCUT2D eigenvalue weighted by atomic mass is 16.2. The summed E-state index contributed by atoms with van der Waals surface area (Å²) < 4.78 is 0. The molecule has 0 unspecified atom stereocenters. The summed E-state index contributed by atoms with van der Waals surface area (Å²) >= 11 is 0. The molecule has 2 amide bonds. The van der Waals surface area contributed by atoms with Crippen molar-refractivity contribution in [1.29, 1.82) is 0 Å². The Labute approximate surface area is 157 Å². The number of benzene rings is 1. The van der Waals surface area contributed by atoms with Gasteiger partial charge < -0.3 is 16.0 Å². The number of hydrogen-bond acceptors (Lipinski definition) is 6. The van der Waals surface area contributed by atoms with E-state index >= 15 is 0 Å². The van der Waals surface area contributed by atoms with Crippen LogP contribution in [0.15, 0.2) is 55.2 Å². The number of amides is 2. The monoisotopic (exact) mass is 363 g/mol. The molecule has 3 N–H and O–H groups in total. The van der Waals surface area contributed by atoms with Crippen molar-refractivity contribution < 1.29 is 4.79 Å². The fourth-order valence-electron chi connectivity index (χ4n) is 2.46. The van der Waals surface area contributed by atoms with E-state index in [0.29, 0.717) is 19.0 Å². The van der Waals surface area contributed by atoms with Crippen LogP contribution in [0.2, 0.25) is 0 Å². The number of nitrogens with one attached hydrogen (secondary N) is 3. The molecule has 3 rings (SSSR count). The Hall–Kier alpha value is -3.55. The molecule has 0 atom stereocenters. The quantitative estimate of drug-likeness (QED) is 0.593. The predicted octanol–water partition coefficient (Wildman–Crippen LogP) is 2.02. The van der Waals surface area contributed by atoms with Gasteiger partial charge in [-0.15, -0.1) is 0 Å². The molecule has 0 radical (unpaired) electrons. The molecule has 8 nitrogen and oxygen atoms in total. The molecule has 0 saturated heterocycles. The summed E-state index contributed by atoms with van der Waals surface area (Å²) in [6.07, 6.45) is 9.39. The maximum atomic E-state index is 11.3. The summed E-state index contributed by atoms with van der Waals surface area (Å²) in [5.74, 6) is 0.570. The van der Waals surface area contributed by atoms with Crippen molar-refractivity contribution >= 4 is 12.0 Å². The lowest BCUT2D eigenvalue weighted by Crippen LogP contribution is -2.32. The number of hydrogen-bond donors (Lipinski definition) is 3. The van der Waals surface area contributed by atoms with Crippen molar-refractivity contribution in [2.75, 3.05) is 18.9 Å². The average molecular weight is 363 g/mol. The van der Waals surface area contributed by atoms with Gasteiger partial charge in [0.1, 0.15) is 0 Å². The van der Waals surface area contributed by atoms with Gasteiger partial charge in [-0.2, -0.15) is 0 Å². The van der Waals surface area contributed by atoms with Gasteiger partial charge in [0, 0.05) is 63.1 Å². The summed E-state index contributed by atoms with van der Waals surface area (Å²) in [7, 11) is 1.59. The lowest BCUT2D eigenvalue weighted by Gasteiger charge is -2.08. The Morgan fingerprint density at radius 2 is 1.89 bits per heavy atom. The Bertz CT molecular complexity index is 869. The molecule has 0 aliphatic heterocycles. The first-order valence-electron chi connectivity index (χ1n) is 8.60. The van der Waals surface area contributed by atoms with E-state index in [2.05, 4.69) is 35.9 Å². The van der Waals surface area contributed by atoms with Crippen LogP contribution >= 0.6 is 0 Å². The van der Waals surface area contributed by atoms with Crippen molar-refractivity contribution in [2.24, 2.45) is 0 Å². The lowest BCUT2D eigenvalue weighted by molar-refractivity contribution is 0.242. The zero-order chi connectivity index (χ0) is 18.9. The highest BCUT2D eigenvalue weighted by Crippen LogP contribution is 2.19. The largest absolute Gasteiger partial charge is 0.354 e. The first kappa shape index (κ1) is 18.2. The normalized spacial score (nSPS) is 10.3. The number of aromatic nitrogens is 4. The van der Waals surface area contributed by atoms with Gasteiger partial charge in [-0.3, -0.25) is 9.97 Å². The zero-order valence-electron chi connectivity index (χ0n) is 15.0. The van der Waals surface area contributed by atoms with Gasteiger partial charge in [-0.05, 0) is 17.2 Å². The van der Waals surface area contributed by atoms with Crippen LogP contribution in [0.1, 0.15) is 11.3 Å². The minimum Gasteiger partial charge on any atom is -0.354 e. The molecule has 8 heteroatoms. The molecule has 2 heterocycles. The third kappa shape index (κ3) is 5.46. The van der Waals surface area contributed by atoms with Gasteiger partial charge in [0.05, 0.1) is 5.69 Å². The molecule has 0 spiro atoms. The Morgan fingerprint density at radius 3 is 2.63 bits per heavy atom. The smallest absolute Gasteiger partial charge is 0.314 e. The molecule has 0 aliphatic carbocycles. The molecule has 0 aliphatic rings. The molecule has 27 heavy (non-hydrogen) atoms. The summed E-state index contributed by atoms with van der Waals surface area (Å²) in [4.78, 5) is 28.3. The fraction of sp³-hybridized carbons (Fsp3) is 0.211. The molecule has 0 saturated carbocycles. The predicted molar refractivity (Wildman–Crippen MR) is 103 cm³/mol. The summed E-state index contributed by atoms with van der Waals surface area (Å²) in [5, 5.41) is 8.48. The molecule has 2 aromatic heterocycles. The van der Waals surface area contributed by atoms with Crippen LogP contribution < -0.4 is 16.0 Å². The van der Waals surface area contributed by atoms with Crippen LogP contribution in [0.5, 0.6) is 0 Å². The van der Waals surface area contributed by atoms with Crippen LogP contribution in [0.3, 0.4) is 0 Å². The van der Waals surface area contributed by atoms with Crippen LogP contribution in [-0.4, -0.2) is 39.6 Å². The number of urea groups is 1. The molecular formula is C19H21N7O. The Kier molecular flexibility index (Phi) is 6.24. The molecule has 3 aromatic rings. The van der Waals surface area contributed by atoms with Gasteiger partial charge in [0.25, 0.3) is 0 Å². The van der Waals surface area contributed by atoms with E-state index in [0.717, 1.165) is 28.8 Å². The van der Waals surface area contributed by atoms with Crippen molar-refractivity contribution in [2.45, 2.75) is 13.0 Å². The number of anilines is 1. The van der Waals surface area contributed by atoms with Crippen molar-refractivity contribution in [3.05, 3.63) is 66.5 Å². The molecule has 1 aromatic carbocycles. The van der Waals surface area contributed by atoms with Crippen LogP contribution in [0.4, 0.5) is 10.7 Å². The number of carbonyl (C=O) groups is 1. The van der Waals surface area contributed by atoms with Gasteiger partial charge in [0.15, 0.2) is 0 Å². The van der Waals surface area contributed by atoms with Gasteiger partial charge >= 0.3 is 6.03 Å². The summed E-state index contributed by atoms with van der Waals surface area (Å²) in [6.45, 7) is 1.13. The highest BCUT2D eigenvalue weighted by Gasteiger charge is 2.03. The van der Waals surface area contributed by atoms with Gasteiger partial charge in [0.2, 0.25) is 5.95 Å². The maximum Gasteiger partial charge on any atom is 0.314 e. The summed E-state index contributed by atoms with van der Waals surface area (Å²) in [6, 6.07) is 7.70. The van der Waals surface area contributed by atoms with Crippen LogP contribution in [0, 0.1) is 0 Å². The van der Waals surface area contributed by atoms with Crippen molar-refractivity contribution in [3.63, 3.8) is 0 Å². The highest BCUT2D eigenvalue weighted by molar-refractivity contribution is 5.73. The second-order valence-corrected chi connectivity index (χ2v) is 5.80. The first-order valence-corrected chi connectivity index (χ1v) is 8.60. The van der Waals surface area contributed by atoms with Gasteiger partial charge in [-0.25, -0.2) is 14.8 Å². The summed E-state index contributed by atoms with van der Waals surface area (Å²) in [5.41, 5.74) is 3.83. The fourth-order valence-corrected chi connectivity index (χ4v) is 2.46. The number of carbonyl (C=O) groups excluding carboxylic acids is 1. The van der Waals surface area contributed by atoms with E-state index in [1.165, 1.54) is 0 Å². The van der Waals surface area contributed by atoms with E-state index in [4.69, 9.17) is 0 Å². The molecule has 138 valence electrons. The van der Waals surface area contributed by atoms with E-state index < -0.39 is 0 Å². The minimum atomic E-state index is -0.208. The third-order valence-corrected chi connectivity index (χ3v) is 3.87.